The van der Waals surface area contributed by atoms with E-state index in [1.165, 1.54) is 138 Å². The average Bonchev–Trinajstić information content (AvgIpc) is 3.93. The van der Waals surface area contributed by atoms with Crippen molar-refractivity contribution >= 4 is 44.3 Å². The van der Waals surface area contributed by atoms with Crippen molar-refractivity contribution < 1.29 is 0 Å². The van der Waals surface area contributed by atoms with E-state index in [2.05, 4.69) is 209 Å². The van der Waals surface area contributed by atoms with Crippen molar-refractivity contribution in [3.8, 4) is 33.4 Å². The summed E-state index contributed by atoms with van der Waals surface area (Å²) in [7, 11) is 0. The second-order valence-corrected chi connectivity index (χ2v) is 22.0. The van der Waals surface area contributed by atoms with Gasteiger partial charge in [-0.15, -0.1) is 0 Å². The van der Waals surface area contributed by atoms with Crippen LogP contribution in [0.1, 0.15) is 114 Å². The lowest BCUT2D eigenvalue weighted by Gasteiger charge is -2.55. The predicted molar refractivity (Wildman–Crippen MR) is 275 cm³/mol. The van der Waals surface area contributed by atoms with Crippen LogP contribution < -0.4 is 9.80 Å². The van der Waals surface area contributed by atoms with Gasteiger partial charge in [0.1, 0.15) is 0 Å². The Morgan fingerprint density at radius 3 is 1.48 bits per heavy atom. The van der Waals surface area contributed by atoms with Crippen molar-refractivity contribution in [3.05, 3.63) is 180 Å². The van der Waals surface area contributed by atoms with E-state index >= 15 is 0 Å². The van der Waals surface area contributed by atoms with Gasteiger partial charge in [0.25, 0.3) is 0 Å². The average molecular weight is 845 g/mol. The molecule has 2 nitrogen and oxygen atoms in total. The molecule has 2 fully saturated rings. The molecule has 322 valence electrons. The van der Waals surface area contributed by atoms with Crippen molar-refractivity contribution in [2.45, 2.75) is 109 Å². The smallest absolute Gasteiger partial charge is 0.0543 e. The molecular formula is C63H60N2. The Kier molecular flexibility index (Phi) is 8.28. The Morgan fingerprint density at radius 1 is 0.431 bits per heavy atom. The van der Waals surface area contributed by atoms with E-state index in [9.17, 15) is 0 Å². The van der Waals surface area contributed by atoms with Crippen LogP contribution in [0, 0.1) is 10.8 Å². The standard InChI is InChI=1S/C63H60N2/c1-60(2)33-15-23-55-53-37-42(27-31-57(53)64(62(55,60)5)45-17-9-7-10-18-45)40-25-29-47-44(35-40)39-52-49-30-26-41(36-51(49)48-21-13-14-22-50(48)59(47)52)43-28-32-58-54(38-43)56-24-16-34-61(3,4)63(56,6)65(58)46-19-11-8-12-20-46/h7-14,17-22,25-32,35-38,55-56H,15-16,23-24,33-34,39H2,1-6H3. The minimum atomic E-state index is 0.000674. The summed E-state index contributed by atoms with van der Waals surface area (Å²) >= 11 is 0. The van der Waals surface area contributed by atoms with Crippen LogP contribution in [0.4, 0.5) is 22.7 Å². The van der Waals surface area contributed by atoms with E-state index < -0.39 is 0 Å². The van der Waals surface area contributed by atoms with Gasteiger partial charge >= 0.3 is 0 Å². The molecule has 2 aliphatic heterocycles. The predicted octanol–water partition coefficient (Wildman–Crippen LogP) is 17.3. The molecule has 0 aromatic heterocycles. The van der Waals surface area contributed by atoms with Crippen LogP contribution in [0.15, 0.2) is 158 Å². The molecule has 3 aliphatic carbocycles. The fourth-order valence-corrected chi connectivity index (χ4v) is 14.5. The fraction of sp³-hybridized carbons (Fsp3) is 0.302. The number of rotatable bonds is 4. The van der Waals surface area contributed by atoms with E-state index in [-0.39, 0.29) is 21.9 Å². The van der Waals surface area contributed by atoms with Crippen LogP contribution in [0.3, 0.4) is 0 Å². The number of fused-ring (bicyclic) bond motifs is 14. The molecule has 4 atom stereocenters. The first kappa shape index (κ1) is 39.3. The zero-order chi connectivity index (χ0) is 44.0. The molecule has 8 aromatic rings. The molecule has 13 rings (SSSR count). The van der Waals surface area contributed by atoms with Gasteiger partial charge in [-0.25, -0.2) is 0 Å². The SMILES string of the molecule is CC1(C)CCCC2c3cc(-c4ccc5c(c4)Cc4c-5c5ccccc5c5cc(-c6ccc7c(c6)C6CCCC(C)(C)C6(C)N7c6ccccc6)ccc45)ccc3N(c3ccccc3)C21C. The van der Waals surface area contributed by atoms with E-state index in [0.717, 1.165) is 6.42 Å². The van der Waals surface area contributed by atoms with Crippen molar-refractivity contribution in [3.63, 3.8) is 0 Å². The lowest BCUT2D eigenvalue weighted by Crippen LogP contribution is -2.56. The summed E-state index contributed by atoms with van der Waals surface area (Å²) in [6, 6.07) is 61.0. The third-order valence-electron chi connectivity index (χ3n) is 18.5. The Hall–Kier alpha value is -6.12. The zero-order valence-corrected chi connectivity index (χ0v) is 39.0. The monoisotopic (exact) mass is 844 g/mol. The third-order valence-corrected chi connectivity index (χ3v) is 18.5. The lowest BCUT2D eigenvalue weighted by atomic mass is 9.58. The molecule has 2 heterocycles. The van der Waals surface area contributed by atoms with Gasteiger partial charge < -0.3 is 9.80 Å². The summed E-state index contributed by atoms with van der Waals surface area (Å²) in [5.41, 5.74) is 19.8. The maximum atomic E-state index is 2.70. The summed E-state index contributed by atoms with van der Waals surface area (Å²) in [5.74, 6) is 0.970. The first-order valence-corrected chi connectivity index (χ1v) is 24.6. The van der Waals surface area contributed by atoms with Crippen molar-refractivity contribution in [2.75, 3.05) is 9.80 Å². The molecule has 8 aromatic carbocycles. The van der Waals surface area contributed by atoms with Gasteiger partial charge in [0, 0.05) is 34.6 Å². The molecule has 0 amide bonds. The Morgan fingerprint density at radius 2 is 0.908 bits per heavy atom. The van der Waals surface area contributed by atoms with Crippen LogP contribution in [-0.2, 0) is 6.42 Å². The molecule has 0 saturated heterocycles. The molecule has 0 spiro atoms. The van der Waals surface area contributed by atoms with Crippen molar-refractivity contribution in [1.82, 2.24) is 0 Å². The molecular weight excluding hydrogens is 785 g/mol. The first-order chi connectivity index (χ1) is 31.5. The summed E-state index contributed by atoms with van der Waals surface area (Å²) in [5, 5.41) is 5.46. The lowest BCUT2D eigenvalue weighted by molar-refractivity contribution is 0.101. The highest BCUT2D eigenvalue weighted by Gasteiger charge is 2.59. The number of hydrogen-bond acceptors (Lipinski definition) is 2. The topological polar surface area (TPSA) is 6.48 Å². The molecule has 65 heavy (non-hydrogen) atoms. The van der Waals surface area contributed by atoms with Crippen molar-refractivity contribution in [2.24, 2.45) is 10.8 Å². The minimum Gasteiger partial charge on any atom is -0.334 e. The van der Waals surface area contributed by atoms with Crippen LogP contribution in [0.2, 0.25) is 0 Å². The third kappa shape index (κ3) is 5.29. The maximum Gasteiger partial charge on any atom is 0.0543 e. The largest absolute Gasteiger partial charge is 0.334 e. The summed E-state index contributed by atoms with van der Waals surface area (Å²) in [6.45, 7) is 15.1. The second kappa shape index (κ2) is 13.7. The maximum absolute atomic E-state index is 2.70. The molecule has 2 heteroatoms. The zero-order valence-electron chi connectivity index (χ0n) is 39.0. The van der Waals surface area contributed by atoms with Gasteiger partial charge in [-0.3, -0.25) is 0 Å². The van der Waals surface area contributed by atoms with Crippen LogP contribution in [0.25, 0.3) is 54.9 Å². The van der Waals surface area contributed by atoms with E-state index in [4.69, 9.17) is 0 Å². The minimum absolute atomic E-state index is 0.000674. The van der Waals surface area contributed by atoms with E-state index in [0.29, 0.717) is 11.8 Å². The Bertz CT molecular complexity index is 3250. The summed E-state index contributed by atoms with van der Waals surface area (Å²) < 4.78 is 0. The van der Waals surface area contributed by atoms with Gasteiger partial charge in [0.05, 0.1) is 11.1 Å². The fourth-order valence-electron chi connectivity index (χ4n) is 14.5. The van der Waals surface area contributed by atoms with Gasteiger partial charge in [0.15, 0.2) is 0 Å². The number of benzene rings is 8. The summed E-state index contributed by atoms with van der Waals surface area (Å²) in [4.78, 5) is 5.40. The molecule has 0 radical (unpaired) electrons. The molecule has 0 bridgehead atoms. The van der Waals surface area contributed by atoms with Gasteiger partial charge in [-0.1, -0.05) is 144 Å². The quantitative estimate of drug-likeness (QED) is 0.163. The highest BCUT2D eigenvalue weighted by Crippen LogP contribution is 2.65. The Balaban J connectivity index is 0.887. The summed E-state index contributed by atoms with van der Waals surface area (Å²) in [6.07, 6.45) is 8.46. The number of hydrogen-bond donors (Lipinski definition) is 0. The first-order valence-electron chi connectivity index (χ1n) is 24.6. The molecule has 2 saturated carbocycles. The normalized spacial score (nSPS) is 24.3. The molecule has 5 aliphatic rings. The molecule has 4 unspecified atom stereocenters. The highest BCUT2D eigenvalue weighted by molar-refractivity contribution is 6.18. The van der Waals surface area contributed by atoms with E-state index in [1.54, 1.807) is 0 Å². The number of anilines is 4. The van der Waals surface area contributed by atoms with Gasteiger partial charge in [0.2, 0.25) is 0 Å². The van der Waals surface area contributed by atoms with Crippen LogP contribution >= 0.6 is 0 Å². The second-order valence-electron chi connectivity index (χ2n) is 22.0. The number of nitrogens with zero attached hydrogens (tertiary/aromatic N) is 2. The Labute approximate surface area is 386 Å². The van der Waals surface area contributed by atoms with Gasteiger partial charge in [-0.05, 0) is 189 Å². The van der Waals surface area contributed by atoms with Crippen molar-refractivity contribution in [1.29, 1.82) is 0 Å². The highest BCUT2D eigenvalue weighted by atomic mass is 15.3. The number of para-hydroxylation sites is 2. The van der Waals surface area contributed by atoms with Gasteiger partial charge in [-0.2, -0.15) is 0 Å². The van der Waals surface area contributed by atoms with E-state index in [1.807, 2.05) is 0 Å². The molecule has 0 N–H and O–H groups in total. The van der Waals surface area contributed by atoms with Crippen LogP contribution in [0.5, 0.6) is 0 Å². The van der Waals surface area contributed by atoms with Crippen LogP contribution in [-0.4, -0.2) is 11.1 Å².